The first-order chi connectivity index (χ1) is 14.1. The van der Waals surface area contributed by atoms with Crippen molar-refractivity contribution < 1.29 is 14.2 Å². The fourth-order valence-electron chi connectivity index (χ4n) is 3.70. The van der Waals surface area contributed by atoms with Gasteiger partial charge in [0.1, 0.15) is 11.9 Å². The summed E-state index contributed by atoms with van der Waals surface area (Å²) >= 11 is 6.03. The van der Waals surface area contributed by atoms with Crippen molar-refractivity contribution in [2.75, 3.05) is 39.4 Å². The third-order valence-corrected chi connectivity index (χ3v) is 5.48. The van der Waals surface area contributed by atoms with Crippen LogP contribution in [0.5, 0.6) is 5.75 Å². The topological polar surface area (TPSA) is 55.3 Å². The molecule has 1 aromatic carbocycles. The Morgan fingerprint density at radius 2 is 2.17 bits per heavy atom. The molecule has 0 aromatic heterocycles. The zero-order chi connectivity index (χ0) is 20.5. The van der Waals surface area contributed by atoms with Crippen molar-refractivity contribution in [3.05, 3.63) is 29.3 Å². The molecule has 0 radical (unpaired) electrons. The molecule has 1 N–H and O–H groups in total. The summed E-state index contributed by atoms with van der Waals surface area (Å²) in [5, 5.41) is 4.09. The van der Waals surface area contributed by atoms with Crippen LogP contribution in [0, 0.1) is 0 Å². The van der Waals surface area contributed by atoms with Crippen LogP contribution in [0.15, 0.2) is 29.3 Å². The first-order valence-electron chi connectivity index (χ1n) is 10.8. The second-order valence-electron chi connectivity index (χ2n) is 7.74. The van der Waals surface area contributed by atoms with E-state index in [1.165, 1.54) is 0 Å². The van der Waals surface area contributed by atoms with E-state index in [0.29, 0.717) is 23.8 Å². The SMILES string of the molecule is CCNC(=NCC(C)Oc1cccc(Cl)c1)N1CCC(OCC2CCCO2)CC1. The van der Waals surface area contributed by atoms with Gasteiger partial charge in [0.15, 0.2) is 5.96 Å². The molecule has 2 aliphatic rings. The van der Waals surface area contributed by atoms with Gasteiger partial charge in [-0.2, -0.15) is 0 Å². The molecule has 2 unspecified atom stereocenters. The maximum Gasteiger partial charge on any atom is 0.194 e. The molecule has 2 saturated heterocycles. The monoisotopic (exact) mass is 423 g/mol. The fraction of sp³-hybridized carbons (Fsp3) is 0.682. The van der Waals surface area contributed by atoms with Crippen LogP contribution < -0.4 is 10.1 Å². The van der Waals surface area contributed by atoms with Crippen molar-refractivity contribution in [3.63, 3.8) is 0 Å². The highest BCUT2D eigenvalue weighted by Crippen LogP contribution is 2.19. The minimum Gasteiger partial charge on any atom is -0.489 e. The molecular formula is C22H34ClN3O3. The van der Waals surface area contributed by atoms with Crippen LogP contribution in [0.1, 0.15) is 39.5 Å². The minimum absolute atomic E-state index is 0.0330. The van der Waals surface area contributed by atoms with Crippen LogP contribution in [0.2, 0.25) is 5.02 Å². The van der Waals surface area contributed by atoms with E-state index >= 15 is 0 Å². The lowest BCUT2D eigenvalue weighted by Crippen LogP contribution is -2.47. The van der Waals surface area contributed by atoms with E-state index in [0.717, 1.165) is 70.2 Å². The highest BCUT2D eigenvalue weighted by molar-refractivity contribution is 6.30. The Morgan fingerprint density at radius 1 is 1.34 bits per heavy atom. The van der Waals surface area contributed by atoms with E-state index in [9.17, 15) is 0 Å². The number of ether oxygens (including phenoxy) is 3. The average molecular weight is 424 g/mol. The van der Waals surface area contributed by atoms with Crippen molar-refractivity contribution >= 4 is 17.6 Å². The summed E-state index contributed by atoms with van der Waals surface area (Å²) in [5.74, 6) is 1.72. The highest BCUT2D eigenvalue weighted by Gasteiger charge is 2.24. The average Bonchev–Trinajstić information content (AvgIpc) is 3.24. The Kier molecular flexibility index (Phi) is 8.90. The molecule has 2 fully saturated rings. The Morgan fingerprint density at radius 3 is 2.86 bits per heavy atom. The third-order valence-electron chi connectivity index (χ3n) is 5.25. The lowest BCUT2D eigenvalue weighted by molar-refractivity contribution is -0.0367. The molecule has 2 heterocycles. The molecule has 3 rings (SSSR count). The smallest absolute Gasteiger partial charge is 0.194 e. The predicted octanol–water partition coefficient (Wildman–Crippen LogP) is 3.73. The minimum atomic E-state index is -0.0330. The summed E-state index contributed by atoms with van der Waals surface area (Å²) < 4.78 is 17.7. The third kappa shape index (κ3) is 7.36. The Labute approximate surface area is 179 Å². The van der Waals surface area contributed by atoms with Gasteiger partial charge in [0.2, 0.25) is 0 Å². The van der Waals surface area contributed by atoms with Gasteiger partial charge in [0, 0.05) is 31.3 Å². The zero-order valence-electron chi connectivity index (χ0n) is 17.6. The first-order valence-corrected chi connectivity index (χ1v) is 11.2. The van der Waals surface area contributed by atoms with Crippen LogP contribution in [-0.4, -0.2) is 68.6 Å². The normalized spacial score (nSPS) is 22.0. The molecule has 0 spiro atoms. The highest BCUT2D eigenvalue weighted by atomic mass is 35.5. The molecule has 29 heavy (non-hydrogen) atoms. The van der Waals surface area contributed by atoms with Gasteiger partial charge in [-0.25, -0.2) is 4.99 Å². The van der Waals surface area contributed by atoms with Gasteiger partial charge in [0.05, 0.1) is 25.4 Å². The van der Waals surface area contributed by atoms with Gasteiger partial charge in [-0.15, -0.1) is 0 Å². The number of halogens is 1. The number of likely N-dealkylation sites (tertiary alicyclic amines) is 1. The summed E-state index contributed by atoms with van der Waals surface area (Å²) in [5.41, 5.74) is 0. The van der Waals surface area contributed by atoms with E-state index in [1.54, 1.807) is 0 Å². The second kappa shape index (κ2) is 11.6. The number of guanidine groups is 1. The first kappa shape index (κ1) is 22.2. The van der Waals surface area contributed by atoms with Gasteiger partial charge >= 0.3 is 0 Å². The number of benzene rings is 1. The van der Waals surface area contributed by atoms with E-state index in [4.69, 9.17) is 30.8 Å². The molecule has 2 atom stereocenters. The summed E-state index contributed by atoms with van der Waals surface area (Å²) in [7, 11) is 0. The molecule has 7 heteroatoms. The number of nitrogens with one attached hydrogen (secondary N) is 1. The molecule has 0 bridgehead atoms. The summed E-state index contributed by atoms with van der Waals surface area (Å²) in [6.45, 7) is 9.07. The molecule has 162 valence electrons. The maximum atomic E-state index is 6.09. The maximum absolute atomic E-state index is 6.09. The van der Waals surface area contributed by atoms with E-state index in [-0.39, 0.29) is 6.10 Å². The number of rotatable bonds is 8. The number of hydrogen-bond acceptors (Lipinski definition) is 4. The number of hydrogen-bond donors (Lipinski definition) is 1. The number of piperidine rings is 1. The predicted molar refractivity (Wildman–Crippen MR) is 117 cm³/mol. The summed E-state index contributed by atoms with van der Waals surface area (Å²) in [6.07, 6.45) is 4.92. The van der Waals surface area contributed by atoms with Crippen molar-refractivity contribution in [2.24, 2.45) is 4.99 Å². The van der Waals surface area contributed by atoms with E-state index < -0.39 is 0 Å². The molecule has 0 amide bonds. The van der Waals surface area contributed by atoms with Gasteiger partial charge < -0.3 is 24.4 Å². The zero-order valence-corrected chi connectivity index (χ0v) is 18.4. The van der Waals surface area contributed by atoms with Crippen molar-refractivity contribution in [1.29, 1.82) is 0 Å². The molecule has 2 aliphatic heterocycles. The Hall–Kier alpha value is -1.50. The molecule has 1 aromatic rings. The van der Waals surface area contributed by atoms with Gasteiger partial charge in [0.25, 0.3) is 0 Å². The lowest BCUT2D eigenvalue weighted by Gasteiger charge is -2.34. The van der Waals surface area contributed by atoms with Crippen LogP contribution in [0.25, 0.3) is 0 Å². The fourth-order valence-corrected chi connectivity index (χ4v) is 3.88. The van der Waals surface area contributed by atoms with Gasteiger partial charge in [-0.05, 0) is 57.7 Å². The largest absolute Gasteiger partial charge is 0.489 e. The summed E-state index contributed by atoms with van der Waals surface area (Å²) in [6, 6.07) is 7.48. The lowest BCUT2D eigenvalue weighted by atomic mass is 10.1. The van der Waals surface area contributed by atoms with Crippen LogP contribution >= 0.6 is 11.6 Å². The molecule has 0 saturated carbocycles. The van der Waals surface area contributed by atoms with Crippen LogP contribution in [0.3, 0.4) is 0 Å². The number of nitrogens with zero attached hydrogens (tertiary/aromatic N) is 2. The van der Waals surface area contributed by atoms with Crippen LogP contribution in [0.4, 0.5) is 0 Å². The van der Waals surface area contributed by atoms with Gasteiger partial charge in [-0.3, -0.25) is 0 Å². The van der Waals surface area contributed by atoms with Crippen molar-refractivity contribution in [3.8, 4) is 5.75 Å². The second-order valence-corrected chi connectivity index (χ2v) is 8.17. The number of aliphatic imine (C=N–C) groups is 1. The van der Waals surface area contributed by atoms with Crippen LogP contribution in [-0.2, 0) is 9.47 Å². The van der Waals surface area contributed by atoms with E-state index in [2.05, 4.69) is 17.1 Å². The Balaban J connectivity index is 1.44. The van der Waals surface area contributed by atoms with E-state index in [1.807, 2.05) is 31.2 Å². The molecule has 6 nitrogen and oxygen atoms in total. The van der Waals surface area contributed by atoms with Crippen molar-refractivity contribution in [2.45, 2.75) is 57.8 Å². The quantitative estimate of drug-likeness (QED) is 0.510. The molecule has 0 aliphatic carbocycles. The summed E-state index contributed by atoms with van der Waals surface area (Å²) in [4.78, 5) is 7.12. The standard InChI is InChI=1S/C22H34ClN3O3/c1-3-24-22(25-15-17(2)29-20-7-4-6-18(23)14-20)26-11-9-19(10-12-26)28-16-21-8-5-13-27-21/h4,6-7,14,17,19,21H,3,5,8-13,15-16H2,1-2H3,(H,24,25). The molecular weight excluding hydrogens is 390 g/mol. The van der Waals surface area contributed by atoms with Gasteiger partial charge in [-0.1, -0.05) is 17.7 Å². The van der Waals surface area contributed by atoms with Crippen molar-refractivity contribution in [1.82, 2.24) is 10.2 Å². The Bertz CT molecular complexity index is 644.